The molecule has 6 nitrogen and oxygen atoms in total. The second-order valence-electron chi connectivity index (χ2n) is 5.55. The number of halogens is 4. The van der Waals surface area contributed by atoms with Crippen LogP contribution in [0.4, 0.5) is 18.9 Å². The standard InChI is InChI=1S/C17H16ClF3NO5P/c1-3-10-7-13(22(23)24)16(28(25)26-4-2)9-15(10)27-14-6-5-11(8-12(14)18)17(19,20)21/h5-9,28H,3-4H2,1-2H3. The zero-order valence-electron chi connectivity index (χ0n) is 14.8. The molecule has 28 heavy (non-hydrogen) atoms. The van der Waals surface area contributed by atoms with Gasteiger partial charge in [-0.05, 0) is 31.5 Å². The van der Waals surface area contributed by atoms with Crippen LogP contribution < -0.4 is 10.0 Å². The predicted octanol–water partition coefficient (Wildman–Crippen LogP) is 5.76. The molecule has 152 valence electrons. The molecule has 0 fully saturated rings. The maximum absolute atomic E-state index is 12.8. The lowest BCUT2D eigenvalue weighted by molar-refractivity contribution is -0.383. The van der Waals surface area contributed by atoms with Crippen LogP contribution in [0.2, 0.25) is 5.02 Å². The van der Waals surface area contributed by atoms with E-state index in [1.54, 1.807) is 13.8 Å². The number of nitrogens with zero attached hydrogens (tertiary/aromatic N) is 1. The Labute approximate surface area is 164 Å². The lowest BCUT2D eigenvalue weighted by Crippen LogP contribution is -2.09. The van der Waals surface area contributed by atoms with Gasteiger partial charge in [0.25, 0.3) is 5.69 Å². The molecule has 0 aromatic heterocycles. The number of alkyl halides is 3. The maximum atomic E-state index is 12.8. The molecule has 2 aromatic rings. The Bertz CT molecular complexity index is 920. The molecule has 0 spiro atoms. The smallest absolute Gasteiger partial charge is 0.416 e. The van der Waals surface area contributed by atoms with Crippen molar-refractivity contribution < 1.29 is 31.9 Å². The van der Waals surface area contributed by atoms with E-state index in [1.165, 1.54) is 12.1 Å². The highest BCUT2D eigenvalue weighted by atomic mass is 35.5. The van der Waals surface area contributed by atoms with Gasteiger partial charge >= 0.3 is 6.18 Å². The first-order chi connectivity index (χ1) is 13.1. The molecule has 0 amide bonds. The lowest BCUT2D eigenvalue weighted by Gasteiger charge is -2.15. The van der Waals surface area contributed by atoms with Gasteiger partial charge in [-0.25, -0.2) is 0 Å². The average molecular weight is 438 g/mol. The summed E-state index contributed by atoms with van der Waals surface area (Å²) in [6.07, 6.45) is -4.24. The zero-order valence-corrected chi connectivity index (χ0v) is 16.6. The minimum atomic E-state index is -4.56. The molecule has 0 aliphatic carbocycles. The van der Waals surface area contributed by atoms with Gasteiger partial charge < -0.3 is 9.26 Å². The third-order valence-electron chi connectivity index (χ3n) is 3.73. The minimum Gasteiger partial charge on any atom is -0.455 e. The predicted molar refractivity (Wildman–Crippen MR) is 99.3 cm³/mol. The van der Waals surface area contributed by atoms with Crippen LogP contribution in [0.1, 0.15) is 25.0 Å². The van der Waals surface area contributed by atoms with Crippen molar-refractivity contribution in [2.45, 2.75) is 26.4 Å². The second kappa shape index (κ2) is 8.94. The van der Waals surface area contributed by atoms with Gasteiger partial charge in [0.05, 0.1) is 22.1 Å². The summed E-state index contributed by atoms with van der Waals surface area (Å²) in [5, 5.41) is 10.9. The number of nitro groups is 1. The van der Waals surface area contributed by atoms with E-state index in [9.17, 15) is 27.9 Å². The molecular weight excluding hydrogens is 422 g/mol. The summed E-state index contributed by atoms with van der Waals surface area (Å²) in [5.74, 6) is 0.0306. The average Bonchev–Trinajstić information content (AvgIpc) is 2.62. The monoisotopic (exact) mass is 437 g/mol. The molecule has 0 aliphatic heterocycles. The molecule has 0 bridgehead atoms. The SMILES string of the molecule is CCO[PH](=O)c1cc(Oc2ccc(C(F)(F)F)cc2Cl)c(CC)cc1[N+](=O)[O-]. The summed E-state index contributed by atoms with van der Waals surface area (Å²) in [6, 6.07) is 5.00. The molecule has 11 heteroatoms. The molecule has 0 saturated heterocycles. The number of aryl methyl sites for hydroxylation is 1. The first-order valence-corrected chi connectivity index (χ1v) is 9.80. The molecule has 0 radical (unpaired) electrons. The van der Waals surface area contributed by atoms with Crippen molar-refractivity contribution in [2.24, 2.45) is 0 Å². The van der Waals surface area contributed by atoms with Gasteiger partial charge in [-0.3, -0.25) is 14.7 Å². The van der Waals surface area contributed by atoms with Crippen LogP contribution in [-0.2, 0) is 21.7 Å². The Morgan fingerprint density at radius 3 is 2.36 bits per heavy atom. The highest BCUT2D eigenvalue weighted by Gasteiger charge is 2.31. The van der Waals surface area contributed by atoms with E-state index in [1.807, 2.05) is 0 Å². The van der Waals surface area contributed by atoms with E-state index < -0.39 is 24.7 Å². The summed E-state index contributed by atoms with van der Waals surface area (Å²) in [7, 11) is -2.92. The van der Waals surface area contributed by atoms with Crippen LogP contribution in [0.15, 0.2) is 30.3 Å². The highest BCUT2D eigenvalue weighted by molar-refractivity contribution is 7.48. The third-order valence-corrected chi connectivity index (χ3v) is 5.42. The van der Waals surface area contributed by atoms with Crippen molar-refractivity contribution in [2.75, 3.05) is 6.61 Å². The summed E-state index contributed by atoms with van der Waals surface area (Å²) in [5.41, 5.74) is -0.913. The van der Waals surface area contributed by atoms with Crippen LogP contribution in [0.25, 0.3) is 0 Å². The molecule has 2 rings (SSSR count). The Morgan fingerprint density at radius 2 is 1.86 bits per heavy atom. The van der Waals surface area contributed by atoms with Crippen molar-refractivity contribution in [1.82, 2.24) is 0 Å². The molecular formula is C17H16ClF3NO5P. The minimum absolute atomic E-state index is 0.0692. The van der Waals surface area contributed by atoms with Crippen LogP contribution in [-0.4, -0.2) is 11.5 Å². The molecule has 0 heterocycles. The number of ether oxygens (including phenoxy) is 1. The number of hydrogen-bond acceptors (Lipinski definition) is 5. The molecule has 0 aliphatic rings. The summed E-state index contributed by atoms with van der Waals surface area (Å²) in [4.78, 5) is 10.6. The Balaban J connectivity index is 2.51. The lowest BCUT2D eigenvalue weighted by atomic mass is 10.1. The molecule has 1 atom stereocenters. The van der Waals surface area contributed by atoms with Gasteiger partial charge in [0.15, 0.2) is 0 Å². The molecule has 2 aromatic carbocycles. The fraction of sp³-hybridized carbons (Fsp3) is 0.294. The fourth-order valence-electron chi connectivity index (χ4n) is 2.38. The molecule has 0 N–H and O–H groups in total. The molecule has 1 unspecified atom stereocenters. The summed E-state index contributed by atoms with van der Waals surface area (Å²) >= 11 is 5.90. The van der Waals surface area contributed by atoms with Crippen LogP contribution in [0.3, 0.4) is 0 Å². The van der Waals surface area contributed by atoms with Crippen molar-refractivity contribution in [3.63, 3.8) is 0 Å². The fourth-order valence-corrected chi connectivity index (χ4v) is 3.64. The number of rotatable bonds is 7. The zero-order chi connectivity index (χ0) is 21.1. The van der Waals surface area contributed by atoms with Gasteiger partial charge in [0.2, 0.25) is 8.03 Å². The van der Waals surface area contributed by atoms with E-state index >= 15 is 0 Å². The molecule has 0 saturated carbocycles. The van der Waals surface area contributed by atoms with E-state index in [-0.39, 0.29) is 34.1 Å². The van der Waals surface area contributed by atoms with Crippen molar-refractivity contribution in [3.05, 3.63) is 56.6 Å². The van der Waals surface area contributed by atoms with Gasteiger partial charge in [-0.15, -0.1) is 0 Å². The first-order valence-electron chi connectivity index (χ1n) is 8.11. The highest BCUT2D eigenvalue weighted by Crippen LogP contribution is 2.39. The van der Waals surface area contributed by atoms with Crippen LogP contribution >= 0.6 is 19.6 Å². The summed E-state index contributed by atoms with van der Waals surface area (Å²) in [6.45, 7) is 3.39. The van der Waals surface area contributed by atoms with Crippen molar-refractivity contribution >= 4 is 30.6 Å². The van der Waals surface area contributed by atoms with Crippen molar-refractivity contribution in [3.8, 4) is 11.5 Å². The quantitative estimate of drug-likeness (QED) is 0.313. The first kappa shape index (κ1) is 22.2. The topological polar surface area (TPSA) is 78.7 Å². The number of benzene rings is 2. The van der Waals surface area contributed by atoms with E-state index in [4.69, 9.17) is 20.9 Å². The van der Waals surface area contributed by atoms with Gasteiger partial charge in [-0.1, -0.05) is 18.5 Å². The third kappa shape index (κ3) is 5.04. The van der Waals surface area contributed by atoms with Gasteiger partial charge in [-0.2, -0.15) is 13.2 Å². The normalized spacial score (nSPS) is 12.6. The van der Waals surface area contributed by atoms with Crippen LogP contribution in [0, 0.1) is 10.1 Å². The number of nitro benzene ring substituents is 1. The van der Waals surface area contributed by atoms with Crippen LogP contribution in [0.5, 0.6) is 11.5 Å². The van der Waals surface area contributed by atoms with Gasteiger partial charge in [0, 0.05) is 17.7 Å². The summed E-state index contributed by atoms with van der Waals surface area (Å²) < 4.78 is 61.2. The Hall–Kier alpha value is -2.09. The largest absolute Gasteiger partial charge is 0.455 e. The van der Waals surface area contributed by atoms with Crippen molar-refractivity contribution in [1.29, 1.82) is 0 Å². The van der Waals surface area contributed by atoms with E-state index in [0.29, 0.717) is 12.0 Å². The maximum Gasteiger partial charge on any atom is 0.416 e. The number of hydrogen-bond donors (Lipinski definition) is 0. The van der Waals surface area contributed by atoms with E-state index in [2.05, 4.69) is 0 Å². The van der Waals surface area contributed by atoms with Gasteiger partial charge in [0.1, 0.15) is 16.8 Å². The van der Waals surface area contributed by atoms with E-state index in [0.717, 1.165) is 18.2 Å². The Morgan fingerprint density at radius 1 is 1.18 bits per heavy atom. The Kier molecular flexibility index (Phi) is 7.09. The second-order valence-corrected chi connectivity index (χ2v) is 7.36.